The third-order valence-corrected chi connectivity index (χ3v) is 11.3. The van der Waals surface area contributed by atoms with Crippen LogP contribution in [0.2, 0.25) is 0 Å². The molecule has 2 aromatic heterocycles. The lowest BCUT2D eigenvalue weighted by Crippen LogP contribution is -2.28. The standard InChI is InChI=1S/C50H36N4O/c1-53-45-28-16-26-39(47(45)54(2)49(53)55)38-25-15-27-41-46(38)40-30-29-35(31-42(40)50(41,36-21-11-5-12-22-36)37-23-13-6-14-24-37)44-32-43(33-17-7-3-8-18-33)51-48(52-44)34-19-9-4-10-20-34/h3-32H,1-2H3. The van der Waals surface area contributed by atoms with Gasteiger partial charge in [0, 0.05) is 36.3 Å². The zero-order valence-electron chi connectivity index (χ0n) is 30.5. The molecule has 0 bridgehead atoms. The second kappa shape index (κ2) is 12.8. The third kappa shape index (κ3) is 4.97. The second-order valence-electron chi connectivity index (χ2n) is 14.2. The molecule has 0 N–H and O–H groups in total. The molecular weight excluding hydrogens is 673 g/mol. The lowest BCUT2D eigenvalue weighted by atomic mass is 9.67. The highest BCUT2D eigenvalue weighted by Gasteiger charge is 2.47. The molecule has 262 valence electrons. The summed E-state index contributed by atoms with van der Waals surface area (Å²) in [7, 11) is 3.71. The Morgan fingerprint density at radius 1 is 0.455 bits per heavy atom. The number of aromatic nitrogens is 4. The molecule has 0 atom stereocenters. The molecule has 0 amide bonds. The molecule has 55 heavy (non-hydrogen) atoms. The Labute approximate surface area is 319 Å². The van der Waals surface area contributed by atoms with Crippen molar-refractivity contribution in [3.63, 3.8) is 0 Å². The van der Waals surface area contributed by atoms with E-state index in [9.17, 15) is 4.79 Å². The first-order chi connectivity index (χ1) is 27.0. The van der Waals surface area contributed by atoms with E-state index in [0.29, 0.717) is 5.82 Å². The predicted molar refractivity (Wildman–Crippen MR) is 223 cm³/mol. The maximum atomic E-state index is 13.3. The summed E-state index contributed by atoms with van der Waals surface area (Å²) < 4.78 is 3.50. The maximum absolute atomic E-state index is 13.3. The van der Waals surface area contributed by atoms with E-state index >= 15 is 0 Å². The van der Waals surface area contributed by atoms with Crippen LogP contribution in [0.15, 0.2) is 187 Å². The van der Waals surface area contributed by atoms with Crippen molar-refractivity contribution in [3.05, 3.63) is 215 Å². The van der Waals surface area contributed by atoms with Gasteiger partial charge in [0.2, 0.25) is 0 Å². The van der Waals surface area contributed by atoms with Gasteiger partial charge < -0.3 is 0 Å². The molecule has 9 aromatic rings. The van der Waals surface area contributed by atoms with Gasteiger partial charge in [0.05, 0.1) is 27.8 Å². The summed E-state index contributed by atoms with van der Waals surface area (Å²) in [4.78, 5) is 23.6. The fourth-order valence-corrected chi connectivity index (χ4v) is 8.79. The number of hydrogen-bond acceptors (Lipinski definition) is 3. The number of benzene rings is 7. The van der Waals surface area contributed by atoms with Crippen molar-refractivity contribution in [1.82, 2.24) is 19.1 Å². The lowest BCUT2D eigenvalue weighted by molar-refractivity contribution is 0.769. The summed E-state index contributed by atoms with van der Waals surface area (Å²) in [6, 6.07) is 64.0. The van der Waals surface area contributed by atoms with Crippen molar-refractivity contribution < 1.29 is 0 Å². The molecular formula is C50H36N4O. The minimum Gasteiger partial charge on any atom is -0.295 e. The first-order valence-corrected chi connectivity index (χ1v) is 18.6. The fourth-order valence-electron chi connectivity index (χ4n) is 8.79. The summed E-state index contributed by atoms with van der Waals surface area (Å²) in [6.07, 6.45) is 0. The Morgan fingerprint density at radius 3 is 1.67 bits per heavy atom. The number of nitrogens with zero attached hydrogens (tertiary/aromatic N) is 4. The summed E-state index contributed by atoms with van der Waals surface area (Å²) in [5.41, 5.74) is 15.0. The number of imidazole rings is 1. The van der Waals surface area contributed by atoms with E-state index in [-0.39, 0.29) is 5.69 Å². The van der Waals surface area contributed by atoms with Crippen molar-refractivity contribution in [2.45, 2.75) is 5.41 Å². The Bertz CT molecular complexity index is 2850. The molecule has 7 aromatic carbocycles. The van der Waals surface area contributed by atoms with Crippen LogP contribution in [0.5, 0.6) is 0 Å². The smallest absolute Gasteiger partial charge is 0.295 e. The van der Waals surface area contributed by atoms with Crippen molar-refractivity contribution in [1.29, 1.82) is 0 Å². The molecule has 0 unspecified atom stereocenters. The van der Waals surface area contributed by atoms with Crippen LogP contribution < -0.4 is 5.69 Å². The van der Waals surface area contributed by atoms with E-state index in [1.165, 1.54) is 22.3 Å². The summed E-state index contributed by atoms with van der Waals surface area (Å²) in [5, 5.41) is 0. The highest BCUT2D eigenvalue weighted by molar-refractivity contribution is 6.02. The zero-order chi connectivity index (χ0) is 37.1. The maximum Gasteiger partial charge on any atom is 0.328 e. The van der Waals surface area contributed by atoms with Gasteiger partial charge in [0.25, 0.3) is 0 Å². The molecule has 0 radical (unpaired) electrons. The SMILES string of the molecule is Cn1c(=O)n(C)c2c(-c3cccc4c3-c3ccc(-c5cc(-c6ccccc6)nc(-c6ccccc6)n5)cc3C4(c3ccccc3)c3ccccc3)cccc21. The van der Waals surface area contributed by atoms with Crippen LogP contribution in [0.3, 0.4) is 0 Å². The van der Waals surface area contributed by atoms with Crippen molar-refractivity contribution in [3.8, 4) is 56.2 Å². The zero-order valence-corrected chi connectivity index (χ0v) is 30.5. The first-order valence-electron chi connectivity index (χ1n) is 18.6. The van der Waals surface area contributed by atoms with E-state index < -0.39 is 5.41 Å². The molecule has 5 nitrogen and oxygen atoms in total. The van der Waals surface area contributed by atoms with Gasteiger partial charge in [-0.05, 0) is 57.1 Å². The molecule has 0 fully saturated rings. The largest absolute Gasteiger partial charge is 0.328 e. The van der Waals surface area contributed by atoms with Crippen molar-refractivity contribution in [2.24, 2.45) is 14.1 Å². The van der Waals surface area contributed by atoms with Crippen molar-refractivity contribution >= 4 is 11.0 Å². The van der Waals surface area contributed by atoms with Gasteiger partial charge in [0.15, 0.2) is 5.82 Å². The lowest BCUT2D eigenvalue weighted by Gasteiger charge is -2.34. The highest BCUT2D eigenvalue weighted by Crippen LogP contribution is 2.59. The molecule has 0 saturated heterocycles. The molecule has 1 aliphatic carbocycles. The van der Waals surface area contributed by atoms with Crippen LogP contribution >= 0.6 is 0 Å². The van der Waals surface area contributed by atoms with E-state index in [1.54, 1.807) is 9.13 Å². The van der Waals surface area contributed by atoms with Gasteiger partial charge in [-0.3, -0.25) is 9.13 Å². The molecule has 5 heteroatoms. The molecule has 10 rings (SSSR count). The minimum absolute atomic E-state index is 0.0439. The van der Waals surface area contributed by atoms with Gasteiger partial charge in [-0.2, -0.15) is 0 Å². The molecule has 0 saturated carbocycles. The Balaban J connectivity index is 1.29. The molecule has 0 aliphatic heterocycles. The van der Waals surface area contributed by atoms with Crippen LogP contribution in [0.4, 0.5) is 0 Å². The van der Waals surface area contributed by atoms with Gasteiger partial charge in [-0.15, -0.1) is 0 Å². The Kier molecular flexibility index (Phi) is 7.56. The number of hydrogen-bond donors (Lipinski definition) is 0. The van der Waals surface area contributed by atoms with E-state index in [4.69, 9.17) is 9.97 Å². The van der Waals surface area contributed by atoms with Gasteiger partial charge in [-0.25, -0.2) is 14.8 Å². The normalized spacial score (nSPS) is 12.8. The minimum atomic E-state index is -0.646. The Hall–Kier alpha value is -7.11. The van der Waals surface area contributed by atoms with Gasteiger partial charge in [0.1, 0.15) is 0 Å². The molecule has 0 spiro atoms. The van der Waals surface area contributed by atoms with E-state index in [0.717, 1.165) is 61.4 Å². The summed E-state index contributed by atoms with van der Waals surface area (Å²) >= 11 is 0. The fraction of sp³-hybridized carbons (Fsp3) is 0.0600. The third-order valence-electron chi connectivity index (χ3n) is 11.3. The van der Waals surface area contributed by atoms with Crippen LogP contribution in [0.25, 0.3) is 67.2 Å². The van der Waals surface area contributed by atoms with E-state index in [2.05, 4.69) is 140 Å². The predicted octanol–water partition coefficient (Wildman–Crippen LogP) is 10.7. The molecule has 1 aliphatic rings. The number of rotatable bonds is 6. The Morgan fingerprint density at radius 2 is 1.02 bits per heavy atom. The quantitative estimate of drug-likeness (QED) is 0.173. The highest BCUT2D eigenvalue weighted by atomic mass is 16.1. The topological polar surface area (TPSA) is 52.7 Å². The average Bonchev–Trinajstić information content (AvgIpc) is 3.68. The molecule has 2 heterocycles. The number of aryl methyl sites for hydroxylation is 2. The van der Waals surface area contributed by atoms with Gasteiger partial charge in [-0.1, -0.05) is 164 Å². The summed E-state index contributed by atoms with van der Waals surface area (Å²) in [5.74, 6) is 0.682. The first kappa shape index (κ1) is 32.5. The number of fused-ring (bicyclic) bond motifs is 4. The van der Waals surface area contributed by atoms with Crippen LogP contribution in [-0.4, -0.2) is 19.1 Å². The van der Waals surface area contributed by atoms with E-state index in [1.807, 2.05) is 56.6 Å². The number of para-hydroxylation sites is 1. The van der Waals surface area contributed by atoms with Crippen LogP contribution in [0.1, 0.15) is 22.3 Å². The second-order valence-corrected chi connectivity index (χ2v) is 14.2. The average molecular weight is 709 g/mol. The van der Waals surface area contributed by atoms with Gasteiger partial charge >= 0.3 is 5.69 Å². The monoisotopic (exact) mass is 708 g/mol. The summed E-state index contributed by atoms with van der Waals surface area (Å²) in [6.45, 7) is 0. The van der Waals surface area contributed by atoms with Crippen LogP contribution in [0, 0.1) is 0 Å². The van der Waals surface area contributed by atoms with Crippen LogP contribution in [-0.2, 0) is 19.5 Å². The van der Waals surface area contributed by atoms with Crippen molar-refractivity contribution in [2.75, 3.05) is 0 Å².